The number of benzene rings is 2. The van der Waals surface area contributed by atoms with Crippen molar-refractivity contribution >= 4 is 79.7 Å². The van der Waals surface area contributed by atoms with Crippen LogP contribution < -0.4 is 16.0 Å². The standard InChI is InChI=1S/C18H17BrCl3N3OS/c1-10-3-4-11(2)14(9-10)23-17(27)25-16(18(20,21)22)24-15(26)12-5-7-13(19)8-6-12/h3-9,16H,1-2H3,(H,24,26)(H2,23,25,27). The summed E-state index contributed by atoms with van der Waals surface area (Å²) < 4.78 is -0.965. The first kappa shape index (κ1) is 22.2. The van der Waals surface area contributed by atoms with Gasteiger partial charge in [0.25, 0.3) is 5.91 Å². The van der Waals surface area contributed by atoms with E-state index in [1.807, 2.05) is 32.0 Å². The first-order valence-electron chi connectivity index (χ1n) is 7.84. The van der Waals surface area contributed by atoms with E-state index in [0.717, 1.165) is 21.3 Å². The van der Waals surface area contributed by atoms with E-state index in [1.54, 1.807) is 24.3 Å². The van der Waals surface area contributed by atoms with Crippen LogP contribution in [0.2, 0.25) is 0 Å². The molecule has 0 fully saturated rings. The van der Waals surface area contributed by atoms with Crippen molar-refractivity contribution in [1.82, 2.24) is 10.6 Å². The van der Waals surface area contributed by atoms with E-state index in [-0.39, 0.29) is 5.11 Å². The zero-order valence-electron chi connectivity index (χ0n) is 14.4. The third kappa shape index (κ3) is 6.80. The molecule has 0 spiro atoms. The van der Waals surface area contributed by atoms with Crippen LogP contribution in [0.15, 0.2) is 46.9 Å². The molecule has 0 saturated heterocycles. The van der Waals surface area contributed by atoms with Gasteiger partial charge < -0.3 is 16.0 Å². The number of rotatable bonds is 4. The molecular weight excluding hydrogens is 493 g/mol. The maximum Gasteiger partial charge on any atom is 0.252 e. The highest BCUT2D eigenvalue weighted by molar-refractivity contribution is 9.10. The highest BCUT2D eigenvalue weighted by atomic mass is 79.9. The number of thiocarbonyl (C=S) groups is 1. The normalized spacial score (nSPS) is 12.2. The van der Waals surface area contributed by atoms with Gasteiger partial charge in [-0.1, -0.05) is 62.9 Å². The third-order valence-corrected chi connectivity index (χ3v) is 5.03. The quantitative estimate of drug-likeness (QED) is 0.290. The number of hydrogen-bond acceptors (Lipinski definition) is 2. The van der Waals surface area contributed by atoms with Crippen LogP contribution in [0.4, 0.5) is 5.69 Å². The van der Waals surface area contributed by atoms with Gasteiger partial charge in [0.1, 0.15) is 6.17 Å². The van der Waals surface area contributed by atoms with Crippen molar-refractivity contribution in [3.05, 3.63) is 63.6 Å². The lowest BCUT2D eigenvalue weighted by atomic mass is 10.1. The van der Waals surface area contributed by atoms with Gasteiger partial charge in [-0.05, 0) is 67.5 Å². The van der Waals surface area contributed by atoms with E-state index < -0.39 is 15.9 Å². The van der Waals surface area contributed by atoms with E-state index in [4.69, 9.17) is 47.0 Å². The molecule has 0 bridgehead atoms. The van der Waals surface area contributed by atoms with Gasteiger partial charge in [0.05, 0.1) is 0 Å². The lowest BCUT2D eigenvalue weighted by Gasteiger charge is -2.28. The minimum Gasteiger partial charge on any atom is -0.339 e. The first-order chi connectivity index (χ1) is 12.6. The van der Waals surface area contributed by atoms with Gasteiger partial charge in [0, 0.05) is 15.7 Å². The van der Waals surface area contributed by atoms with Crippen LogP contribution >= 0.6 is 63.0 Å². The van der Waals surface area contributed by atoms with E-state index in [0.29, 0.717) is 5.56 Å². The number of carbonyl (C=O) groups excluding carboxylic acids is 1. The van der Waals surface area contributed by atoms with Crippen molar-refractivity contribution in [1.29, 1.82) is 0 Å². The van der Waals surface area contributed by atoms with Gasteiger partial charge in [-0.3, -0.25) is 4.79 Å². The fourth-order valence-corrected chi connectivity index (χ4v) is 2.99. The molecule has 0 aromatic heterocycles. The minimum atomic E-state index is -1.82. The highest BCUT2D eigenvalue weighted by Crippen LogP contribution is 2.29. The Balaban J connectivity index is 2.10. The van der Waals surface area contributed by atoms with Gasteiger partial charge in [-0.15, -0.1) is 0 Å². The fourth-order valence-electron chi connectivity index (χ4n) is 2.18. The van der Waals surface area contributed by atoms with Gasteiger partial charge in [0.15, 0.2) is 5.11 Å². The van der Waals surface area contributed by atoms with Gasteiger partial charge >= 0.3 is 0 Å². The number of anilines is 1. The maximum atomic E-state index is 12.4. The molecule has 0 aliphatic heterocycles. The summed E-state index contributed by atoms with van der Waals surface area (Å²) in [7, 11) is 0. The van der Waals surface area contributed by atoms with Gasteiger partial charge in [0.2, 0.25) is 3.79 Å². The molecule has 3 N–H and O–H groups in total. The molecule has 1 unspecified atom stereocenters. The first-order valence-corrected chi connectivity index (χ1v) is 10.2. The Morgan fingerprint density at radius 1 is 1.07 bits per heavy atom. The molecule has 0 aliphatic carbocycles. The Morgan fingerprint density at radius 3 is 2.30 bits per heavy atom. The maximum absolute atomic E-state index is 12.4. The van der Waals surface area contributed by atoms with Crippen LogP contribution in [0.3, 0.4) is 0 Å². The molecule has 2 aromatic rings. The molecule has 0 aliphatic rings. The fraction of sp³-hybridized carbons (Fsp3) is 0.222. The van der Waals surface area contributed by atoms with Crippen LogP contribution in [-0.2, 0) is 0 Å². The minimum absolute atomic E-state index is 0.219. The number of carbonyl (C=O) groups is 1. The van der Waals surface area contributed by atoms with E-state index >= 15 is 0 Å². The smallest absolute Gasteiger partial charge is 0.252 e. The highest BCUT2D eigenvalue weighted by Gasteiger charge is 2.35. The molecular formula is C18H17BrCl3N3OS. The zero-order valence-corrected chi connectivity index (χ0v) is 19.1. The molecule has 4 nitrogen and oxygen atoms in total. The number of halogens is 4. The second-order valence-electron chi connectivity index (χ2n) is 5.87. The molecule has 144 valence electrons. The summed E-state index contributed by atoms with van der Waals surface area (Å²) in [6.07, 6.45) is -1.04. The molecule has 1 amide bonds. The van der Waals surface area contributed by atoms with Crippen molar-refractivity contribution in [2.75, 3.05) is 5.32 Å². The van der Waals surface area contributed by atoms with Gasteiger partial charge in [-0.25, -0.2) is 0 Å². The predicted octanol–water partition coefficient (Wildman–Crippen LogP) is 5.48. The van der Waals surface area contributed by atoms with Crippen LogP contribution in [0.25, 0.3) is 0 Å². The molecule has 0 saturated carbocycles. The Labute approximate surface area is 187 Å². The second kappa shape index (κ2) is 9.43. The van der Waals surface area contributed by atoms with Crippen molar-refractivity contribution in [3.8, 4) is 0 Å². The van der Waals surface area contributed by atoms with Crippen LogP contribution in [0.1, 0.15) is 21.5 Å². The Hall–Kier alpha value is -1.05. The number of amides is 1. The average molecular weight is 510 g/mol. The number of aryl methyl sites for hydroxylation is 2. The summed E-state index contributed by atoms with van der Waals surface area (Å²) in [4.78, 5) is 12.4. The molecule has 9 heteroatoms. The number of alkyl halides is 3. The summed E-state index contributed by atoms with van der Waals surface area (Å²) in [6.45, 7) is 3.93. The Kier molecular flexibility index (Phi) is 7.77. The monoisotopic (exact) mass is 507 g/mol. The number of hydrogen-bond donors (Lipinski definition) is 3. The largest absolute Gasteiger partial charge is 0.339 e. The van der Waals surface area contributed by atoms with E-state index in [2.05, 4.69) is 31.9 Å². The van der Waals surface area contributed by atoms with Crippen LogP contribution in [0.5, 0.6) is 0 Å². The van der Waals surface area contributed by atoms with E-state index in [9.17, 15) is 4.79 Å². The number of nitrogens with one attached hydrogen (secondary N) is 3. The molecule has 0 heterocycles. The lowest BCUT2D eigenvalue weighted by molar-refractivity contribution is 0.0934. The third-order valence-electron chi connectivity index (χ3n) is 3.63. The summed E-state index contributed by atoms with van der Waals surface area (Å²) in [6, 6.07) is 12.7. The lowest BCUT2D eigenvalue weighted by Crippen LogP contribution is -2.56. The molecule has 0 radical (unpaired) electrons. The second-order valence-corrected chi connectivity index (χ2v) is 9.56. The summed E-state index contributed by atoms with van der Waals surface area (Å²) in [5.74, 6) is -0.402. The SMILES string of the molecule is Cc1ccc(C)c(NC(=S)NC(NC(=O)c2ccc(Br)cc2)C(Cl)(Cl)Cl)c1. The molecule has 2 aromatic carbocycles. The van der Waals surface area contributed by atoms with E-state index in [1.165, 1.54) is 0 Å². The Morgan fingerprint density at radius 2 is 1.70 bits per heavy atom. The predicted molar refractivity (Wildman–Crippen MR) is 121 cm³/mol. The Bertz CT molecular complexity index is 841. The summed E-state index contributed by atoms with van der Waals surface area (Å²) in [5.41, 5.74) is 3.34. The average Bonchev–Trinajstić information content (AvgIpc) is 2.57. The van der Waals surface area contributed by atoms with Crippen molar-refractivity contribution < 1.29 is 4.79 Å². The molecule has 27 heavy (non-hydrogen) atoms. The van der Waals surface area contributed by atoms with Gasteiger partial charge in [-0.2, -0.15) is 0 Å². The zero-order chi connectivity index (χ0) is 20.2. The molecule has 1 atom stereocenters. The topological polar surface area (TPSA) is 53.2 Å². The van der Waals surface area contributed by atoms with Crippen molar-refractivity contribution in [2.24, 2.45) is 0 Å². The van der Waals surface area contributed by atoms with Crippen molar-refractivity contribution in [2.45, 2.75) is 23.8 Å². The summed E-state index contributed by atoms with van der Waals surface area (Å²) >= 11 is 26.7. The van der Waals surface area contributed by atoms with Crippen LogP contribution in [0, 0.1) is 13.8 Å². The summed E-state index contributed by atoms with van der Waals surface area (Å²) in [5, 5.41) is 8.77. The molecule has 2 rings (SSSR count). The van der Waals surface area contributed by atoms with Crippen molar-refractivity contribution in [3.63, 3.8) is 0 Å². The van der Waals surface area contributed by atoms with Crippen LogP contribution in [-0.4, -0.2) is 21.0 Å².